The fourth-order valence-corrected chi connectivity index (χ4v) is 2.97. The molecule has 1 heterocycles. The Labute approximate surface area is 110 Å². The van der Waals surface area contributed by atoms with Gasteiger partial charge in [0.15, 0.2) is 0 Å². The maximum atomic E-state index is 12.6. The van der Waals surface area contributed by atoms with Crippen molar-refractivity contribution in [2.45, 2.75) is 57.5 Å². The molecule has 2 fully saturated rings. The molecule has 0 spiro atoms. The van der Waals surface area contributed by atoms with Crippen LogP contribution in [0.5, 0.6) is 0 Å². The maximum Gasteiger partial charge on any atom is 0.240 e. The maximum absolute atomic E-state index is 12.6. The Balaban J connectivity index is 1.96. The zero-order chi connectivity index (χ0) is 13.0. The zero-order valence-corrected chi connectivity index (χ0v) is 11.4. The number of hydrogen-bond acceptors (Lipinski definition) is 3. The average Bonchev–Trinajstić information content (AvgIpc) is 2.32. The number of nitrogens with one attached hydrogen (secondary N) is 1. The van der Waals surface area contributed by atoms with Gasteiger partial charge in [0.25, 0.3) is 0 Å². The second-order valence-electron chi connectivity index (χ2n) is 5.74. The molecule has 1 saturated carbocycles. The molecule has 2 aliphatic rings. The van der Waals surface area contributed by atoms with Crippen molar-refractivity contribution in [1.82, 2.24) is 10.2 Å². The van der Waals surface area contributed by atoms with Gasteiger partial charge in [-0.1, -0.05) is 6.92 Å². The Morgan fingerprint density at radius 1 is 1.33 bits per heavy atom. The molecule has 2 unspecified atom stereocenters. The minimum absolute atomic E-state index is 0.00181. The highest BCUT2D eigenvalue weighted by Crippen LogP contribution is 2.27. The quantitative estimate of drug-likeness (QED) is 0.773. The molecule has 1 aliphatic heterocycles. The molecule has 4 nitrogen and oxygen atoms in total. The van der Waals surface area contributed by atoms with Crippen molar-refractivity contribution >= 4 is 5.91 Å². The summed E-state index contributed by atoms with van der Waals surface area (Å²) in [7, 11) is 0. The molecular weight excluding hydrogens is 228 g/mol. The molecule has 0 aromatic heterocycles. The summed E-state index contributed by atoms with van der Waals surface area (Å²) < 4.78 is 0. The number of nitrogens with zero attached hydrogens (tertiary/aromatic N) is 1. The lowest BCUT2D eigenvalue weighted by Gasteiger charge is -2.41. The van der Waals surface area contributed by atoms with Gasteiger partial charge in [-0.2, -0.15) is 0 Å². The molecule has 1 amide bonds. The molecule has 4 heteroatoms. The van der Waals surface area contributed by atoms with Crippen LogP contribution in [0.25, 0.3) is 0 Å². The van der Waals surface area contributed by atoms with E-state index in [-0.39, 0.29) is 18.6 Å². The van der Waals surface area contributed by atoms with E-state index in [1.54, 1.807) is 0 Å². The molecule has 1 saturated heterocycles. The van der Waals surface area contributed by atoms with Gasteiger partial charge in [0.05, 0.1) is 6.04 Å². The number of hydrogen-bond donors (Lipinski definition) is 2. The summed E-state index contributed by atoms with van der Waals surface area (Å²) in [6, 6.07) is 0.429. The van der Waals surface area contributed by atoms with Crippen molar-refractivity contribution < 1.29 is 9.90 Å². The predicted molar refractivity (Wildman–Crippen MR) is 71.2 cm³/mol. The molecule has 2 N–H and O–H groups in total. The number of carbonyl (C=O) groups excluding carboxylic acids is 1. The first kappa shape index (κ1) is 13.8. The molecule has 0 bridgehead atoms. The zero-order valence-electron chi connectivity index (χ0n) is 11.4. The Bertz CT molecular complexity index is 279. The third kappa shape index (κ3) is 3.04. The van der Waals surface area contributed by atoms with Crippen LogP contribution in [0, 0.1) is 5.92 Å². The van der Waals surface area contributed by atoms with Crippen LogP contribution in [0.2, 0.25) is 0 Å². The van der Waals surface area contributed by atoms with Crippen molar-refractivity contribution in [2.24, 2.45) is 5.92 Å². The summed E-state index contributed by atoms with van der Waals surface area (Å²) in [5.41, 5.74) is 0. The lowest BCUT2D eigenvalue weighted by atomic mass is 9.87. The van der Waals surface area contributed by atoms with Gasteiger partial charge in [-0.3, -0.25) is 4.79 Å². The van der Waals surface area contributed by atoms with Gasteiger partial charge in [0.2, 0.25) is 5.91 Å². The van der Waals surface area contributed by atoms with E-state index in [2.05, 4.69) is 12.2 Å². The van der Waals surface area contributed by atoms with Gasteiger partial charge in [0, 0.05) is 19.2 Å². The van der Waals surface area contributed by atoms with Crippen LogP contribution in [0.15, 0.2) is 0 Å². The number of rotatable bonds is 5. The minimum atomic E-state index is -0.00181. The van der Waals surface area contributed by atoms with Crippen LogP contribution in [0.3, 0.4) is 0 Å². The van der Waals surface area contributed by atoms with Gasteiger partial charge >= 0.3 is 0 Å². The van der Waals surface area contributed by atoms with Crippen LogP contribution >= 0.6 is 0 Å². The van der Waals surface area contributed by atoms with Crippen LogP contribution in [-0.2, 0) is 4.79 Å². The Morgan fingerprint density at radius 2 is 2.11 bits per heavy atom. The third-order valence-corrected chi connectivity index (χ3v) is 4.39. The van der Waals surface area contributed by atoms with E-state index in [0.29, 0.717) is 24.9 Å². The summed E-state index contributed by atoms with van der Waals surface area (Å²) in [4.78, 5) is 14.7. The normalized spacial score (nSPS) is 28.8. The largest absolute Gasteiger partial charge is 0.396 e. The number of aliphatic hydroxyl groups is 1. The molecule has 2 atom stereocenters. The molecule has 0 aromatic carbocycles. The molecule has 2 rings (SSSR count). The first-order valence-corrected chi connectivity index (χ1v) is 7.38. The summed E-state index contributed by atoms with van der Waals surface area (Å²) >= 11 is 0. The summed E-state index contributed by atoms with van der Waals surface area (Å²) in [6.07, 6.45) is 6.52. The second-order valence-corrected chi connectivity index (χ2v) is 5.74. The first-order valence-electron chi connectivity index (χ1n) is 7.38. The van der Waals surface area contributed by atoms with E-state index in [9.17, 15) is 4.79 Å². The van der Waals surface area contributed by atoms with Gasteiger partial charge in [-0.05, 0) is 51.0 Å². The summed E-state index contributed by atoms with van der Waals surface area (Å²) in [5.74, 6) is 0.698. The van der Waals surface area contributed by atoms with E-state index in [1.807, 2.05) is 4.90 Å². The predicted octanol–water partition coefficient (Wildman–Crippen LogP) is 1.14. The van der Waals surface area contributed by atoms with E-state index in [0.717, 1.165) is 25.8 Å². The Hall–Kier alpha value is -0.610. The third-order valence-electron chi connectivity index (χ3n) is 4.39. The monoisotopic (exact) mass is 254 g/mol. The molecule has 0 radical (unpaired) electrons. The highest BCUT2D eigenvalue weighted by atomic mass is 16.3. The smallest absolute Gasteiger partial charge is 0.240 e. The van der Waals surface area contributed by atoms with Crippen LogP contribution in [0.4, 0.5) is 0 Å². The number of piperidine rings is 1. The number of amides is 1. The molecule has 18 heavy (non-hydrogen) atoms. The lowest BCUT2D eigenvalue weighted by molar-refractivity contribution is -0.139. The van der Waals surface area contributed by atoms with Crippen LogP contribution in [0.1, 0.15) is 45.4 Å². The van der Waals surface area contributed by atoms with E-state index in [1.165, 1.54) is 12.8 Å². The second kappa shape index (κ2) is 6.53. The van der Waals surface area contributed by atoms with Gasteiger partial charge in [0.1, 0.15) is 0 Å². The Morgan fingerprint density at radius 3 is 2.67 bits per heavy atom. The van der Waals surface area contributed by atoms with E-state index in [4.69, 9.17) is 5.11 Å². The standard InChI is InChI=1S/C14H26N2O2/c1-11-5-3-8-15-13(11)14(18)16(9-4-10-17)12-6-2-7-12/h11-13,15,17H,2-10H2,1H3. The Kier molecular flexibility index (Phi) is 5.01. The number of aliphatic hydroxyl groups excluding tert-OH is 1. The fourth-order valence-electron chi connectivity index (χ4n) is 2.97. The van der Waals surface area contributed by atoms with Crippen molar-refractivity contribution in [3.63, 3.8) is 0 Å². The molecular formula is C14H26N2O2. The van der Waals surface area contributed by atoms with E-state index >= 15 is 0 Å². The number of carbonyl (C=O) groups is 1. The van der Waals surface area contributed by atoms with Crippen molar-refractivity contribution in [3.05, 3.63) is 0 Å². The average molecular weight is 254 g/mol. The van der Waals surface area contributed by atoms with Crippen LogP contribution in [-0.4, -0.2) is 47.7 Å². The van der Waals surface area contributed by atoms with Crippen molar-refractivity contribution in [1.29, 1.82) is 0 Å². The molecule has 104 valence electrons. The highest BCUT2D eigenvalue weighted by Gasteiger charge is 2.35. The van der Waals surface area contributed by atoms with Gasteiger partial charge < -0.3 is 15.3 Å². The van der Waals surface area contributed by atoms with Gasteiger partial charge in [-0.15, -0.1) is 0 Å². The van der Waals surface area contributed by atoms with Crippen molar-refractivity contribution in [3.8, 4) is 0 Å². The topological polar surface area (TPSA) is 52.6 Å². The SMILES string of the molecule is CC1CCCNC1C(=O)N(CCCO)C1CCC1. The highest BCUT2D eigenvalue weighted by molar-refractivity contribution is 5.82. The summed E-state index contributed by atoms with van der Waals surface area (Å²) in [5, 5.41) is 12.4. The fraction of sp³-hybridized carbons (Fsp3) is 0.929. The molecule has 0 aromatic rings. The minimum Gasteiger partial charge on any atom is -0.396 e. The van der Waals surface area contributed by atoms with Crippen LogP contribution < -0.4 is 5.32 Å². The lowest BCUT2D eigenvalue weighted by Crippen LogP contribution is -2.56. The summed E-state index contributed by atoms with van der Waals surface area (Å²) in [6.45, 7) is 4.01. The molecule has 1 aliphatic carbocycles. The van der Waals surface area contributed by atoms with Crippen molar-refractivity contribution in [2.75, 3.05) is 19.7 Å². The van der Waals surface area contributed by atoms with Gasteiger partial charge in [-0.25, -0.2) is 0 Å². The van der Waals surface area contributed by atoms with E-state index < -0.39 is 0 Å². The first-order chi connectivity index (χ1) is 8.74.